The van der Waals surface area contributed by atoms with Crippen LogP contribution in [0.3, 0.4) is 0 Å². The van der Waals surface area contributed by atoms with Crippen LogP contribution in [-0.4, -0.2) is 55.1 Å². The van der Waals surface area contributed by atoms with E-state index in [1.165, 1.54) is 25.3 Å². The van der Waals surface area contributed by atoms with Crippen LogP contribution < -0.4 is 10.1 Å². The normalized spacial score (nSPS) is 14.8. The van der Waals surface area contributed by atoms with Crippen LogP contribution in [0.15, 0.2) is 18.2 Å². The molecule has 1 aliphatic rings. The number of fused-ring (bicyclic) bond motifs is 1. The topological polar surface area (TPSA) is 91.7 Å². The number of ether oxygens (including phenoxy) is 3. The zero-order valence-electron chi connectivity index (χ0n) is 18.6. The number of nitrogens with zero attached hydrogens (tertiary/aromatic N) is 2. The van der Waals surface area contributed by atoms with Gasteiger partial charge < -0.3 is 19.5 Å². The monoisotopic (exact) mass is 447 g/mol. The van der Waals surface area contributed by atoms with Crippen molar-refractivity contribution in [3.63, 3.8) is 0 Å². The maximum atomic E-state index is 14.0. The zero-order chi connectivity index (χ0) is 22.9. The van der Waals surface area contributed by atoms with Crippen LogP contribution in [0.25, 0.3) is 0 Å². The third-order valence-electron chi connectivity index (χ3n) is 5.29. The lowest BCUT2D eigenvalue weighted by Crippen LogP contribution is -2.26. The average Bonchev–Trinajstić information content (AvgIpc) is 3.13. The largest absolute Gasteiger partial charge is 0.496 e. The molecule has 9 heteroatoms. The molecule has 8 nitrogen and oxygen atoms in total. The van der Waals surface area contributed by atoms with Crippen molar-refractivity contribution < 1.29 is 28.2 Å². The fraction of sp³-hybridized carbons (Fsp3) is 0.522. The molecule has 0 radical (unpaired) electrons. The van der Waals surface area contributed by atoms with Gasteiger partial charge in [-0.3, -0.25) is 9.48 Å². The van der Waals surface area contributed by atoms with E-state index in [4.69, 9.17) is 14.2 Å². The molecule has 1 N–H and O–H groups in total. The van der Waals surface area contributed by atoms with Crippen molar-refractivity contribution in [1.29, 1.82) is 0 Å². The van der Waals surface area contributed by atoms with E-state index in [1.807, 2.05) is 11.6 Å². The molecule has 32 heavy (non-hydrogen) atoms. The molecule has 1 amide bonds. The Morgan fingerprint density at radius 1 is 1.31 bits per heavy atom. The number of halogens is 1. The summed E-state index contributed by atoms with van der Waals surface area (Å²) >= 11 is 0. The third kappa shape index (κ3) is 5.64. The second-order valence-corrected chi connectivity index (χ2v) is 7.48. The second-order valence-electron chi connectivity index (χ2n) is 7.48. The van der Waals surface area contributed by atoms with Gasteiger partial charge in [-0.25, -0.2) is 9.18 Å². The first kappa shape index (κ1) is 23.7. The molecule has 0 spiro atoms. The molecule has 2 heterocycles. The van der Waals surface area contributed by atoms with Gasteiger partial charge in [0.15, 0.2) is 0 Å². The third-order valence-corrected chi connectivity index (χ3v) is 5.29. The number of esters is 1. The molecule has 0 aliphatic carbocycles. The highest BCUT2D eigenvalue weighted by atomic mass is 19.1. The number of hydrogen-bond acceptors (Lipinski definition) is 6. The van der Waals surface area contributed by atoms with Gasteiger partial charge in [0.05, 0.1) is 30.7 Å². The summed E-state index contributed by atoms with van der Waals surface area (Å²) in [7, 11) is 1.37. The van der Waals surface area contributed by atoms with Crippen molar-refractivity contribution in [3.8, 4) is 5.75 Å². The molecule has 1 aliphatic heterocycles. The summed E-state index contributed by atoms with van der Waals surface area (Å²) in [6, 6.07) is 4.17. The Bertz CT molecular complexity index is 944. The molecule has 1 aromatic carbocycles. The van der Waals surface area contributed by atoms with Crippen molar-refractivity contribution in [2.45, 2.75) is 45.6 Å². The first-order chi connectivity index (χ1) is 15.6. The molecule has 0 saturated heterocycles. The van der Waals surface area contributed by atoms with Gasteiger partial charge in [0, 0.05) is 32.7 Å². The predicted octanol–water partition coefficient (Wildman–Crippen LogP) is 2.92. The van der Waals surface area contributed by atoms with Gasteiger partial charge in [-0.05, 0) is 37.8 Å². The highest BCUT2D eigenvalue weighted by Crippen LogP contribution is 2.22. The van der Waals surface area contributed by atoms with Crippen molar-refractivity contribution in [1.82, 2.24) is 15.1 Å². The SMILES string of the molecule is CCc1nn(CCCOC(=O)c2c(F)cccc2OC)c2c1C(=O)NCCCOCCC2. The smallest absolute Gasteiger partial charge is 0.344 e. The summed E-state index contributed by atoms with van der Waals surface area (Å²) < 4.78 is 31.8. The van der Waals surface area contributed by atoms with Gasteiger partial charge in [-0.1, -0.05) is 13.0 Å². The van der Waals surface area contributed by atoms with E-state index in [9.17, 15) is 14.0 Å². The molecule has 1 aromatic heterocycles. The number of aromatic nitrogens is 2. The maximum absolute atomic E-state index is 14.0. The molecule has 0 bridgehead atoms. The van der Waals surface area contributed by atoms with Gasteiger partial charge in [-0.2, -0.15) is 5.10 Å². The fourth-order valence-corrected chi connectivity index (χ4v) is 3.73. The molecule has 174 valence electrons. The molecule has 0 unspecified atom stereocenters. The quantitative estimate of drug-likeness (QED) is 0.518. The van der Waals surface area contributed by atoms with Gasteiger partial charge in [0.25, 0.3) is 5.91 Å². The van der Waals surface area contributed by atoms with Crippen LogP contribution in [0.4, 0.5) is 4.39 Å². The Morgan fingerprint density at radius 3 is 2.91 bits per heavy atom. The highest BCUT2D eigenvalue weighted by molar-refractivity contribution is 5.96. The van der Waals surface area contributed by atoms with Crippen LogP contribution in [0.5, 0.6) is 5.75 Å². The maximum Gasteiger partial charge on any atom is 0.344 e. The molecule has 0 saturated carbocycles. The van der Waals surface area contributed by atoms with Crippen LogP contribution in [0, 0.1) is 5.82 Å². The van der Waals surface area contributed by atoms with Crippen molar-refractivity contribution in [2.75, 3.05) is 33.5 Å². The van der Waals surface area contributed by atoms with Crippen molar-refractivity contribution >= 4 is 11.9 Å². The number of nitrogens with one attached hydrogen (secondary N) is 1. The number of aryl methyl sites for hydroxylation is 2. The number of methoxy groups -OCH3 is 1. The number of benzene rings is 1. The Kier molecular flexibility index (Phi) is 8.61. The number of rotatable bonds is 7. The standard InChI is InChI=1S/C23H30FN3O5/c1-3-17-21-18(9-5-13-31-14-6-11-25-22(21)28)27(26-17)12-7-15-32-23(29)20-16(24)8-4-10-19(20)30-2/h4,8,10H,3,5-7,9,11-15H2,1-2H3,(H,25,28). The first-order valence-electron chi connectivity index (χ1n) is 11.0. The van der Waals surface area contributed by atoms with Gasteiger partial charge in [-0.15, -0.1) is 0 Å². The fourth-order valence-electron chi connectivity index (χ4n) is 3.73. The number of carbonyl (C=O) groups excluding carboxylic acids is 2. The molecule has 0 atom stereocenters. The minimum absolute atomic E-state index is 0.0850. The van der Waals surface area contributed by atoms with Crippen LogP contribution in [-0.2, 0) is 28.9 Å². The van der Waals surface area contributed by atoms with E-state index in [0.29, 0.717) is 51.1 Å². The number of carbonyl (C=O) groups is 2. The lowest BCUT2D eigenvalue weighted by Gasteiger charge is -2.11. The Morgan fingerprint density at radius 2 is 2.12 bits per heavy atom. The Balaban J connectivity index is 1.67. The summed E-state index contributed by atoms with van der Waals surface area (Å²) in [4.78, 5) is 25.1. The van der Waals surface area contributed by atoms with E-state index in [1.54, 1.807) is 0 Å². The van der Waals surface area contributed by atoms with E-state index >= 15 is 0 Å². The minimum Gasteiger partial charge on any atom is -0.496 e. The second kappa shape index (κ2) is 11.6. The van der Waals surface area contributed by atoms with Crippen molar-refractivity contribution in [3.05, 3.63) is 46.5 Å². The van der Waals surface area contributed by atoms with E-state index in [0.717, 1.165) is 24.2 Å². The Hall–Kier alpha value is -2.94. The summed E-state index contributed by atoms with van der Waals surface area (Å²) in [6.45, 7) is 4.34. The number of hydrogen-bond donors (Lipinski definition) is 1. The zero-order valence-corrected chi connectivity index (χ0v) is 18.6. The van der Waals surface area contributed by atoms with Crippen LogP contribution >= 0.6 is 0 Å². The molecule has 3 rings (SSSR count). The highest BCUT2D eigenvalue weighted by Gasteiger charge is 2.23. The average molecular weight is 448 g/mol. The summed E-state index contributed by atoms with van der Waals surface area (Å²) in [6.07, 6.45) is 3.34. The van der Waals surface area contributed by atoms with Gasteiger partial charge in [0.1, 0.15) is 17.1 Å². The van der Waals surface area contributed by atoms with Gasteiger partial charge >= 0.3 is 5.97 Å². The minimum atomic E-state index is -0.773. The van der Waals surface area contributed by atoms with Crippen molar-refractivity contribution in [2.24, 2.45) is 0 Å². The molecule has 0 fully saturated rings. The lowest BCUT2D eigenvalue weighted by molar-refractivity contribution is 0.0485. The summed E-state index contributed by atoms with van der Waals surface area (Å²) in [5.41, 5.74) is 2.05. The van der Waals surface area contributed by atoms with E-state index < -0.39 is 11.8 Å². The lowest BCUT2D eigenvalue weighted by atomic mass is 10.1. The predicted molar refractivity (Wildman–Crippen MR) is 116 cm³/mol. The van der Waals surface area contributed by atoms with Crippen LogP contribution in [0.1, 0.15) is 58.3 Å². The summed E-state index contributed by atoms with van der Waals surface area (Å²) in [5, 5.41) is 7.59. The Labute approximate surface area is 187 Å². The van der Waals surface area contributed by atoms with Gasteiger partial charge in [0.2, 0.25) is 0 Å². The van der Waals surface area contributed by atoms with E-state index in [-0.39, 0.29) is 23.8 Å². The first-order valence-corrected chi connectivity index (χ1v) is 11.0. The number of amides is 1. The van der Waals surface area contributed by atoms with E-state index in [2.05, 4.69) is 10.4 Å². The summed E-state index contributed by atoms with van der Waals surface area (Å²) in [5.74, 6) is -1.44. The molecular formula is C23H30FN3O5. The molecule has 2 aromatic rings. The van der Waals surface area contributed by atoms with Crippen LogP contribution in [0.2, 0.25) is 0 Å². The molecular weight excluding hydrogens is 417 g/mol.